The molecule has 3 nitrogen and oxygen atoms in total. The van der Waals surface area contributed by atoms with Crippen LogP contribution in [-0.2, 0) is 0 Å². The molecule has 2 aromatic rings. The highest BCUT2D eigenvalue weighted by molar-refractivity contribution is 8.00. The number of likely N-dealkylation sites (tertiary alicyclic amines) is 1. The Morgan fingerprint density at radius 1 is 1.15 bits per heavy atom. The number of aromatic nitrogens is 2. The summed E-state index contributed by atoms with van der Waals surface area (Å²) in [5, 5.41) is 3.19. The van der Waals surface area contributed by atoms with E-state index in [0.29, 0.717) is 5.25 Å². The van der Waals surface area contributed by atoms with Gasteiger partial charge in [0.25, 0.3) is 0 Å². The summed E-state index contributed by atoms with van der Waals surface area (Å²) in [5.41, 5.74) is 1.36. The fourth-order valence-electron chi connectivity index (χ4n) is 2.66. The summed E-state index contributed by atoms with van der Waals surface area (Å²) in [5.74, 6) is 0.897. The largest absolute Gasteiger partial charge is 0.306 e. The maximum absolute atomic E-state index is 4.73. The van der Waals surface area contributed by atoms with E-state index in [1.54, 1.807) is 11.3 Å². The number of rotatable bonds is 2. The third-order valence-corrected chi connectivity index (χ3v) is 6.48. The van der Waals surface area contributed by atoms with Crippen LogP contribution in [0.5, 0.6) is 0 Å². The van der Waals surface area contributed by atoms with Crippen molar-refractivity contribution in [3.8, 4) is 0 Å². The molecule has 0 spiro atoms. The predicted octanol–water partition coefficient (Wildman–Crippen LogP) is 3.80. The normalized spacial score (nSPS) is 18.0. The van der Waals surface area contributed by atoms with Gasteiger partial charge in [0.05, 0.1) is 0 Å². The van der Waals surface area contributed by atoms with Crippen LogP contribution in [0.2, 0.25) is 0 Å². The van der Waals surface area contributed by atoms with Gasteiger partial charge in [0.15, 0.2) is 0 Å². The summed E-state index contributed by atoms with van der Waals surface area (Å²) in [6.45, 7) is 8.79. The van der Waals surface area contributed by atoms with Gasteiger partial charge in [0.1, 0.15) is 15.7 Å². The summed E-state index contributed by atoms with van der Waals surface area (Å²) >= 11 is 3.76. The van der Waals surface area contributed by atoms with E-state index in [-0.39, 0.29) is 0 Å². The van der Waals surface area contributed by atoms with Gasteiger partial charge in [-0.2, -0.15) is 0 Å². The zero-order valence-electron chi connectivity index (χ0n) is 12.6. The second kappa shape index (κ2) is 5.62. The summed E-state index contributed by atoms with van der Waals surface area (Å²) in [6, 6.07) is 0. The fraction of sp³-hybridized carbons (Fsp3) is 0.600. The van der Waals surface area contributed by atoms with Gasteiger partial charge in [-0.1, -0.05) is 0 Å². The quantitative estimate of drug-likeness (QED) is 0.789. The van der Waals surface area contributed by atoms with Crippen LogP contribution in [0.15, 0.2) is 5.03 Å². The fourth-order valence-corrected chi connectivity index (χ4v) is 5.11. The van der Waals surface area contributed by atoms with Crippen molar-refractivity contribution in [1.82, 2.24) is 14.9 Å². The van der Waals surface area contributed by atoms with Crippen molar-refractivity contribution in [1.29, 1.82) is 0 Å². The Morgan fingerprint density at radius 2 is 1.85 bits per heavy atom. The number of hydrogen-bond acceptors (Lipinski definition) is 5. The number of hydrogen-bond donors (Lipinski definition) is 0. The summed E-state index contributed by atoms with van der Waals surface area (Å²) in [6.07, 6.45) is 2.52. The number of piperidine rings is 1. The smallest absolute Gasteiger partial charge is 0.128 e. The first-order chi connectivity index (χ1) is 9.54. The third kappa shape index (κ3) is 2.71. The molecule has 0 unspecified atom stereocenters. The molecule has 0 radical (unpaired) electrons. The highest BCUT2D eigenvalue weighted by Crippen LogP contribution is 2.38. The van der Waals surface area contributed by atoms with Gasteiger partial charge in [-0.05, 0) is 59.3 Å². The molecule has 1 aliphatic rings. The van der Waals surface area contributed by atoms with E-state index in [1.807, 2.05) is 18.7 Å². The molecular weight excluding hydrogens is 286 g/mol. The highest BCUT2D eigenvalue weighted by Gasteiger charge is 2.21. The summed E-state index contributed by atoms with van der Waals surface area (Å²) in [4.78, 5) is 14.3. The SMILES string of the molecule is Cc1nc(SC2CCN(C)CC2)c2c(C)c(C)sc2n1. The molecule has 2 aromatic heterocycles. The average molecular weight is 307 g/mol. The standard InChI is InChI=1S/C15H21N3S2/c1-9-10(2)19-14-13(9)15(17-11(3)16-14)20-12-5-7-18(4)8-6-12/h12H,5-8H2,1-4H3. The van der Waals surface area contributed by atoms with Gasteiger partial charge in [0.2, 0.25) is 0 Å². The minimum absolute atomic E-state index is 0.698. The lowest BCUT2D eigenvalue weighted by Crippen LogP contribution is -2.31. The third-order valence-electron chi connectivity index (χ3n) is 4.05. The number of thiophene rings is 1. The average Bonchev–Trinajstić information content (AvgIpc) is 2.67. The summed E-state index contributed by atoms with van der Waals surface area (Å²) < 4.78 is 0. The second-order valence-electron chi connectivity index (χ2n) is 5.66. The second-order valence-corrected chi connectivity index (χ2v) is 8.15. The van der Waals surface area contributed by atoms with Crippen molar-refractivity contribution in [3.63, 3.8) is 0 Å². The molecule has 108 valence electrons. The molecule has 1 fully saturated rings. The molecule has 3 heterocycles. The van der Waals surface area contributed by atoms with Crippen LogP contribution in [0.1, 0.15) is 29.1 Å². The zero-order chi connectivity index (χ0) is 14.3. The lowest BCUT2D eigenvalue weighted by molar-refractivity contribution is 0.282. The monoisotopic (exact) mass is 307 g/mol. The lowest BCUT2D eigenvalue weighted by atomic mass is 10.1. The Kier molecular flexibility index (Phi) is 4.02. The lowest BCUT2D eigenvalue weighted by Gasteiger charge is -2.28. The molecule has 0 aromatic carbocycles. The minimum atomic E-state index is 0.698. The van der Waals surface area contributed by atoms with E-state index in [9.17, 15) is 0 Å². The Bertz CT molecular complexity index is 628. The van der Waals surface area contributed by atoms with Gasteiger partial charge in [-0.25, -0.2) is 9.97 Å². The Hall–Kier alpha value is -0.650. The van der Waals surface area contributed by atoms with E-state index in [4.69, 9.17) is 4.98 Å². The maximum atomic E-state index is 4.73. The molecule has 0 N–H and O–H groups in total. The highest BCUT2D eigenvalue weighted by atomic mass is 32.2. The van der Waals surface area contributed by atoms with Crippen LogP contribution < -0.4 is 0 Å². The van der Waals surface area contributed by atoms with Crippen molar-refractivity contribution in [3.05, 3.63) is 16.3 Å². The number of nitrogens with zero attached hydrogens (tertiary/aromatic N) is 3. The number of fused-ring (bicyclic) bond motifs is 1. The van der Waals surface area contributed by atoms with Crippen molar-refractivity contribution >= 4 is 33.3 Å². The van der Waals surface area contributed by atoms with Crippen LogP contribution >= 0.6 is 23.1 Å². The molecule has 20 heavy (non-hydrogen) atoms. The van der Waals surface area contributed by atoms with Gasteiger partial charge in [-0.15, -0.1) is 23.1 Å². The molecule has 0 bridgehead atoms. The van der Waals surface area contributed by atoms with E-state index >= 15 is 0 Å². The van der Waals surface area contributed by atoms with Crippen LogP contribution in [-0.4, -0.2) is 40.3 Å². The molecule has 1 saturated heterocycles. The summed E-state index contributed by atoms with van der Waals surface area (Å²) in [7, 11) is 2.21. The molecule has 0 atom stereocenters. The van der Waals surface area contributed by atoms with Gasteiger partial charge in [0, 0.05) is 15.5 Å². The van der Waals surface area contributed by atoms with Crippen molar-refractivity contribution in [2.24, 2.45) is 0 Å². The van der Waals surface area contributed by atoms with E-state index < -0.39 is 0 Å². The van der Waals surface area contributed by atoms with Crippen LogP contribution in [0, 0.1) is 20.8 Å². The predicted molar refractivity (Wildman–Crippen MR) is 88.0 cm³/mol. The van der Waals surface area contributed by atoms with Crippen molar-refractivity contribution in [2.45, 2.75) is 43.9 Å². The Balaban J connectivity index is 1.94. The van der Waals surface area contributed by atoms with Gasteiger partial charge in [-0.3, -0.25) is 0 Å². The number of aryl methyl sites for hydroxylation is 3. The molecule has 0 saturated carbocycles. The zero-order valence-corrected chi connectivity index (χ0v) is 14.2. The van der Waals surface area contributed by atoms with Gasteiger partial charge >= 0.3 is 0 Å². The Morgan fingerprint density at radius 3 is 2.55 bits per heavy atom. The van der Waals surface area contributed by atoms with Crippen molar-refractivity contribution < 1.29 is 0 Å². The van der Waals surface area contributed by atoms with E-state index in [2.05, 4.69) is 30.8 Å². The molecule has 3 rings (SSSR count). The molecule has 5 heteroatoms. The van der Waals surface area contributed by atoms with E-state index in [0.717, 1.165) is 10.7 Å². The topological polar surface area (TPSA) is 29.0 Å². The van der Waals surface area contributed by atoms with Crippen molar-refractivity contribution in [2.75, 3.05) is 20.1 Å². The van der Waals surface area contributed by atoms with Crippen LogP contribution in [0.4, 0.5) is 0 Å². The molecule has 0 aliphatic carbocycles. The maximum Gasteiger partial charge on any atom is 0.128 e. The first-order valence-corrected chi connectivity index (χ1v) is 8.83. The van der Waals surface area contributed by atoms with E-state index in [1.165, 1.54) is 46.8 Å². The first-order valence-electron chi connectivity index (χ1n) is 7.14. The van der Waals surface area contributed by atoms with Crippen LogP contribution in [0.3, 0.4) is 0 Å². The van der Waals surface area contributed by atoms with Gasteiger partial charge < -0.3 is 4.90 Å². The number of thioether (sulfide) groups is 1. The molecule has 1 aliphatic heterocycles. The Labute approximate surface area is 128 Å². The molecule has 0 amide bonds. The molecular formula is C15H21N3S2. The first kappa shape index (κ1) is 14.3. The minimum Gasteiger partial charge on any atom is -0.306 e. The van der Waals surface area contributed by atoms with Crippen LogP contribution in [0.25, 0.3) is 10.2 Å².